The second-order valence-corrected chi connectivity index (χ2v) is 6.75. The number of hydrogen-bond acceptors (Lipinski definition) is 0. The lowest BCUT2D eigenvalue weighted by molar-refractivity contribution is 0.548. The number of unbranched alkanes of at least 4 members (excludes halogenated alkanes) is 2. The van der Waals surface area contributed by atoms with Crippen molar-refractivity contribution < 1.29 is 0 Å². The first-order valence-electron chi connectivity index (χ1n) is 9.61. The van der Waals surface area contributed by atoms with E-state index in [0.717, 1.165) is 0 Å². The van der Waals surface area contributed by atoms with Crippen molar-refractivity contribution in [2.75, 3.05) is 0 Å². The van der Waals surface area contributed by atoms with Gasteiger partial charge in [0.2, 0.25) is 0 Å². The normalized spacial score (nSPS) is 20.9. The Morgan fingerprint density at radius 2 is 1.05 bits per heavy atom. The van der Waals surface area contributed by atoms with Crippen LogP contribution < -0.4 is 0 Å². The van der Waals surface area contributed by atoms with E-state index < -0.39 is 0 Å². The molecule has 0 saturated heterocycles. The van der Waals surface area contributed by atoms with Gasteiger partial charge in [-0.2, -0.15) is 0 Å². The minimum Gasteiger partial charge on any atom is -0.0853 e. The van der Waals surface area contributed by atoms with Crippen molar-refractivity contribution in [3.8, 4) is 0 Å². The molecule has 0 spiro atoms. The lowest BCUT2D eigenvalue weighted by atomic mass is 9.98. The summed E-state index contributed by atoms with van der Waals surface area (Å²) in [4.78, 5) is 0. The Kier molecular flexibility index (Phi) is 12.2. The second kappa shape index (κ2) is 13.7. The molecule has 0 aliphatic heterocycles. The molecule has 0 radical (unpaired) electrons. The molecule has 0 amide bonds. The zero-order chi connectivity index (χ0) is 14.3. The first kappa shape index (κ1) is 17.8. The first-order valence-corrected chi connectivity index (χ1v) is 9.61. The fraction of sp³-hybridized carbons (Fsp3) is 0.900. The lowest BCUT2D eigenvalue weighted by Crippen LogP contribution is -1.88. The van der Waals surface area contributed by atoms with E-state index in [4.69, 9.17) is 0 Å². The van der Waals surface area contributed by atoms with Gasteiger partial charge in [0.15, 0.2) is 0 Å². The van der Waals surface area contributed by atoms with Crippen LogP contribution in [0, 0.1) is 0 Å². The summed E-state index contributed by atoms with van der Waals surface area (Å²) in [5.74, 6) is 0. The van der Waals surface area contributed by atoms with E-state index in [2.05, 4.69) is 13.0 Å². The molecule has 0 heterocycles. The maximum atomic E-state index is 2.58. The topological polar surface area (TPSA) is 0 Å². The smallest absolute Gasteiger partial charge is 0.0320 e. The third-order valence-electron chi connectivity index (χ3n) is 4.74. The van der Waals surface area contributed by atoms with Gasteiger partial charge in [-0.3, -0.25) is 0 Å². The predicted octanol–water partition coefficient (Wildman–Crippen LogP) is 7.58. The van der Waals surface area contributed by atoms with Gasteiger partial charge in [0.25, 0.3) is 0 Å². The number of hydrogen-bond donors (Lipinski definition) is 0. The predicted molar refractivity (Wildman–Crippen MR) is 92.2 cm³/mol. The molecule has 118 valence electrons. The molecule has 0 nitrogen and oxygen atoms in total. The third-order valence-corrected chi connectivity index (χ3v) is 4.74. The maximum absolute atomic E-state index is 2.58. The molecule has 0 N–H and O–H groups in total. The van der Waals surface area contributed by atoms with Crippen LogP contribution in [-0.2, 0) is 0 Å². The van der Waals surface area contributed by atoms with Crippen molar-refractivity contribution in [2.45, 2.75) is 116 Å². The molecule has 1 saturated carbocycles. The fourth-order valence-electron chi connectivity index (χ4n) is 3.31. The van der Waals surface area contributed by atoms with Crippen LogP contribution in [0.4, 0.5) is 0 Å². The van der Waals surface area contributed by atoms with Gasteiger partial charge in [0.05, 0.1) is 0 Å². The van der Waals surface area contributed by atoms with Gasteiger partial charge in [0, 0.05) is 0 Å². The van der Waals surface area contributed by atoms with Crippen LogP contribution in [-0.4, -0.2) is 0 Å². The zero-order valence-corrected chi connectivity index (χ0v) is 14.1. The summed E-state index contributed by atoms with van der Waals surface area (Å²) < 4.78 is 0. The Hall–Kier alpha value is -0.260. The summed E-state index contributed by atoms with van der Waals surface area (Å²) in [6.45, 7) is 2.30. The maximum Gasteiger partial charge on any atom is -0.0320 e. The van der Waals surface area contributed by atoms with E-state index in [-0.39, 0.29) is 0 Å². The highest BCUT2D eigenvalue weighted by Gasteiger charge is 2.01. The SMILES string of the molecule is CCCCC=C1CCCCCCCCCCCCCC1. The molecular formula is C20H38. The van der Waals surface area contributed by atoms with E-state index >= 15 is 0 Å². The van der Waals surface area contributed by atoms with E-state index in [1.807, 2.05) is 0 Å². The Bertz CT molecular complexity index is 208. The number of allylic oxidation sites excluding steroid dienone is 2. The highest BCUT2D eigenvalue weighted by atomic mass is 14.1. The van der Waals surface area contributed by atoms with Gasteiger partial charge in [-0.25, -0.2) is 0 Å². The van der Waals surface area contributed by atoms with Gasteiger partial charge >= 0.3 is 0 Å². The molecular weight excluding hydrogens is 240 g/mol. The Balaban J connectivity index is 2.30. The van der Waals surface area contributed by atoms with Crippen molar-refractivity contribution in [3.63, 3.8) is 0 Å². The van der Waals surface area contributed by atoms with Crippen molar-refractivity contribution >= 4 is 0 Å². The molecule has 0 unspecified atom stereocenters. The summed E-state index contributed by atoms with van der Waals surface area (Å²) in [6.07, 6.45) is 27.1. The van der Waals surface area contributed by atoms with Crippen molar-refractivity contribution in [1.29, 1.82) is 0 Å². The van der Waals surface area contributed by atoms with E-state index in [1.54, 1.807) is 5.57 Å². The van der Waals surface area contributed by atoms with E-state index in [0.29, 0.717) is 0 Å². The van der Waals surface area contributed by atoms with Gasteiger partial charge in [-0.05, 0) is 32.1 Å². The van der Waals surface area contributed by atoms with Gasteiger partial charge in [0.1, 0.15) is 0 Å². The van der Waals surface area contributed by atoms with Gasteiger partial charge < -0.3 is 0 Å². The molecule has 1 rings (SSSR count). The quantitative estimate of drug-likeness (QED) is 0.368. The van der Waals surface area contributed by atoms with Crippen molar-refractivity contribution in [2.24, 2.45) is 0 Å². The monoisotopic (exact) mass is 278 g/mol. The average molecular weight is 279 g/mol. The molecule has 1 aliphatic rings. The summed E-state index contributed by atoms with van der Waals surface area (Å²) in [7, 11) is 0. The van der Waals surface area contributed by atoms with Crippen LogP contribution in [0.5, 0.6) is 0 Å². The summed E-state index contributed by atoms with van der Waals surface area (Å²) in [5, 5.41) is 0. The molecule has 0 heteroatoms. The minimum atomic E-state index is 1.33. The summed E-state index contributed by atoms with van der Waals surface area (Å²) >= 11 is 0. The second-order valence-electron chi connectivity index (χ2n) is 6.75. The van der Waals surface area contributed by atoms with Crippen LogP contribution in [0.1, 0.15) is 116 Å². The Labute approximate surface area is 128 Å². The summed E-state index contributed by atoms with van der Waals surface area (Å²) in [6, 6.07) is 0. The molecule has 0 aromatic heterocycles. The van der Waals surface area contributed by atoms with Gasteiger partial charge in [-0.1, -0.05) is 95.6 Å². The molecule has 0 aromatic rings. The van der Waals surface area contributed by atoms with Crippen LogP contribution in [0.25, 0.3) is 0 Å². The highest BCUT2D eigenvalue weighted by molar-refractivity contribution is 5.01. The lowest BCUT2D eigenvalue weighted by Gasteiger charge is -2.08. The molecule has 0 bridgehead atoms. The molecule has 1 fully saturated rings. The van der Waals surface area contributed by atoms with Crippen LogP contribution >= 0.6 is 0 Å². The first-order chi connectivity index (χ1) is 9.93. The van der Waals surface area contributed by atoms with Crippen LogP contribution in [0.3, 0.4) is 0 Å². The van der Waals surface area contributed by atoms with Crippen LogP contribution in [0.15, 0.2) is 11.6 Å². The molecule has 1 aliphatic carbocycles. The zero-order valence-electron chi connectivity index (χ0n) is 14.1. The number of rotatable bonds is 3. The van der Waals surface area contributed by atoms with Crippen LogP contribution in [0.2, 0.25) is 0 Å². The van der Waals surface area contributed by atoms with E-state index in [1.165, 1.54) is 109 Å². The molecule has 0 aromatic carbocycles. The highest BCUT2D eigenvalue weighted by Crippen LogP contribution is 2.20. The van der Waals surface area contributed by atoms with E-state index in [9.17, 15) is 0 Å². The molecule has 20 heavy (non-hydrogen) atoms. The van der Waals surface area contributed by atoms with Gasteiger partial charge in [-0.15, -0.1) is 0 Å². The largest absolute Gasteiger partial charge is 0.0853 e. The summed E-state index contributed by atoms with van der Waals surface area (Å²) in [5.41, 5.74) is 1.79. The Morgan fingerprint density at radius 3 is 1.45 bits per heavy atom. The minimum absolute atomic E-state index is 1.33. The third kappa shape index (κ3) is 10.5. The van der Waals surface area contributed by atoms with Crippen molar-refractivity contribution in [1.82, 2.24) is 0 Å². The average Bonchev–Trinajstić information content (AvgIpc) is 2.47. The fourth-order valence-corrected chi connectivity index (χ4v) is 3.31. The van der Waals surface area contributed by atoms with Crippen molar-refractivity contribution in [3.05, 3.63) is 11.6 Å². The standard InChI is InChI=1S/C20H38/c1-2-3-14-17-20-18-15-12-10-8-6-4-5-7-9-11-13-16-19-20/h17H,2-16,18-19H2,1H3. The molecule has 0 atom stereocenters. The Morgan fingerprint density at radius 1 is 0.650 bits per heavy atom.